The Morgan fingerprint density at radius 1 is 1.12 bits per heavy atom. The summed E-state index contributed by atoms with van der Waals surface area (Å²) in [5.74, 6) is -0.274. The summed E-state index contributed by atoms with van der Waals surface area (Å²) in [4.78, 5) is 29.4. The molecule has 1 atom stereocenters. The summed E-state index contributed by atoms with van der Waals surface area (Å²) in [6, 6.07) is 8.09. The number of amides is 2. The Morgan fingerprint density at radius 3 is 2.44 bits per heavy atom. The molecule has 1 aliphatic heterocycles. The van der Waals surface area contributed by atoms with Crippen LogP contribution in [0.1, 0.15) is 87.1 Å². The van der Waals surface area contributed by atoms with E-state index in [1.165, 1.54) is 6.42 Å². The number of aryl methyl sites for hydroxylation is 2. The molecule has 2 heterocycles. The van der Waals surface area contributed by atoms with Gasteiger partial charge in [0.25, 0.3) is 5.91 Å². The first-order valence-corrected chi connectivity index (χ1v) is 11.8. The lowest BCUT2D eigenvalue weighted by Gasteiger charge is -2.44. The molecule has 0 spiro atoms. The van der Waals surface area contributed by atoms with E-state index >= 15 is 0 Å². The average Bonchev–Trinajstić information content (AvgIpc) is 3.15. The van der Waals surface area contributed by atoms with Gasteiger partial charge in [-0.25, -0.2) is 0 Å². The Hall–Kier alpha value is -2.63. The number of benzene rings is 1. The first-order valence-electron chi connectivity index (χ1n) is 11.8. The predicted molar refractivity (Wildman–Crippen MR) is 127 cm³/mol. The molecule has 0 radical (unpaired) electrons. The maximum atomic E-state index is 13.9. The molecule has 1 aromatic carbocycles. The quantitative estimate of drug-likeness (QED) is 0.761. The molecule has 6 nitrogen and oxygen atoms in total. The number of anilines is 1. The van der Waals surface area contributed by atoms with E-state index in [-0.39, 0.29) is 23.3 Å². The van der Waals surface area contributed by atoms with Crippen molar-refractivity contribution >= 4 is 17.5 Å². The highest BCUT2D eigenvalue weighted by atomic mass is 16.2. The number of carbonyl (C=O) groups excluding carboxylic acids is 2. The van der Waals surface area contributed by atoms with E-state index in [0.29, 0.717) is 12.2 Å². The molecular formula is C26H36N4O2. The van der Waals surface area contributed by atoms with Crippen LogP contribution in [0, 0.1) is 13.8 Å². The zero-order valence-electron chi connectivity index (χ0n) is 20.3. The monoisotopic (exact) mass is 436 g/mol. The van der Waals surface area contributed by atoms with E-state index in [0.717, 1.165) is 48.2 Å². The number of carbonyl (C=O) groups is 2. The highest BCUT2D eigenvalue weighted by Crippen LogP contribution is 2.36. The fourth-order valence-electron chi connectivity index (χ4n) is 4.97. The van der Waals surface area contributed by atoms with E-state index in [2.05, 4.69) is 32.2 Å². The smallest absolute Gasteiger partial charge is 0.277 e. The van der Waals surface area contributed by atoms with Gasteiger partial charge in [-0.1, -0.05) is 57.7 Å². The minimum absolute atomic E-state index is 0.101. The summed E-state index contributed by atoms with van der Waals surface area (Å²) >= 11 is 0. The van der Waals surface area contributed by atoms with Gasteiger partial charge in [-0.15, -0.1) is 0 Å². The van der Waals surface area contributed by atoms with Crippen LogP contribution >= 0.6 is 0 Å². The fraction of sp³-hybridized carbons (Fsp3) is 0.577. The lowest BCUT2D eigenvalue weighted by Crippen LogP contribution is -2.65. The number of hydrogen-bond acceptors (Lipinski definition) is 3. The fourth-order valence-corrected chi connectivity index (χ4v) is 4.97. The summed E-state index contributed by atoms with van der Waals surface area (Å²) in [6.07, 6.45) is 5.50. The minimum atomic E-state index is -1.07. The lowest BCUT2D eigenvalue weighted by atomic mass is 9.90. The molecule has 6 heteroatoms. The summed E-state index contributed by atoms with van der Waals surface area (Å²) in [7, 11) is 0. The molecule has 32 heavy (non-hydrogen) atoms. The van der Waals surface area contributed by atoms with Gasteiger partial charge in [-0.3, -0.25) is 19.2 Å². The second kappa shape index (κ2) is 8.05. The third kappa shape index (κ3) is 3.96. The molecule has 1 fully saturated rings. The maximum Gasteiger partial charge on any atom is 0.277 e. The van der Waals surface area contributed by atoms with Crippen LogP contribution in [0.4, 0.5) is 5.69 Å². The molecule has 1 aliphatic carbocycles. The van der Waals surface area contributed by atoms with Crippen molar-refractivity contribution in [2.45, 2.75) is 97.2 Å². The Morgan fingerprint density at radius 2 is 1.81 bits per heavy atom. The molecule has 0 unspecified atom stereocenters. The van der Waals surface area contributed by atoms with Crippen molar-refractivity contribution in [2.75, 3.05) is 4.90 Å². The maximum absolute atomic E-state index is 13.9. The van der Waals surface area contributed by atoms with Crippen LogP contribution in [0.5, 0.6) is 0 Å². The summed E-state index contributed by atoms with van der Waals surface area (Å²) in [6.45, 7) is 12.5. The number of hydrogen-bond donors (Lipinski definition) is 1. The van der Waals surface area contributed by atoms with Gasteiger partial charge in [-0.05, 0) is 51.3 Å². The Labute approximate surface area is 191 Å². The molecule has 2 amide bonds. The van der Waals surface area contributed by atoms with Gasteiger partial charge in [0.1, 0.15) is 11.2 Å². The second-order valence-electron chi connectivity index (χ2n) is 10.8. The number of rotatable bonds is 3. The Balaban J connectivity index is 1.80. The van der Waals surface area contributed by atoms with E-state index < -0.39 is 5.54 Å². The molecule has 1 saturated carbocycles. The zero-order chi connectivity index (χ0) is 23.3. The van der Waals surface area contributed by atoms with Crippen LogP contribution in [0.25, 0.3) is 0 Å². The molecule has 172 valence electrons. The number of aromatic nitrogens is 2. The van der Waals surface area contributed by atoms with Crippen molar-refractivity contribution in [1.29, 1.82) is 0 Å². The third-order valence-corrected chi connectivity index (χ3v) is 6.94. The van der Waals surface area contributed by atoms with Crippen LogP contribution in [-0.2, 0) is 16.8 Å². The minimum Gasteiger partial charge on any atom is -0.351 e. The molecule has 0 bridgehead atoms. The highest BCUT2D eigenvalue weighted by Gasteiger charge is 2.50. The zero-order valence-corrected chi connectivity index (χ0v) is 20.3. The summed E-state index contributed by atoms with van der Waals surface area (Å²) in [5.41, 5.74) is 3.05. The average molecular weight is 437 g/mol. The molecular weight excluding hydrogens is 400 g/mol. The third-order valence-electron chi connectivity index (χ3n) is 6.94. The van der Waals surface area contributed by atoms with Gasteiger partial charge in [0, 0.05) is 17.1 Å². The van der Waals surface area contributed by atoms with Crippen molar-refractivity contribution in [1.82, 2.24) is 15.1 Å². The molecule has 1 N–H and O–H groups in total. The van der Waals surface area contributed by atoms with E-state index in [9.17, 15) is 9.59 Å². The first kappa shape index (κ1) is 22.6. The standard InChI is InChI=1S/C26H36N4O2/c1-17-12-13-20(18(2)14-17)30-23(31)21-15-22(25(3,4)5)28-29(21)16-26(30,6)24(32)27-19-10-8-7-9-11-19/h12-15,19H,7-11,16H2,1-6H3,(H,27,32)/t26-/m0/s1. The molecule has 2 aromatic rings. The molecule has 0 saturated heterocycles. The highest BCUT2D eigenvalue weighted by molar-refractivity contribution is 6.12. The SMILES string of the molecule is Cc1ccc(N2C(=O)c3cc(C(C)(C)C)nn3C[C@@]2(C)C(=O)NC2CCCCC2)c(C)c1. The van der Waals surface area contributed by atoms with Crippen LogP contribution in [-0.4, -0.2) is 33.2 Å². The molecule has 1 aromatic heterocycles. The van der Waals surface area contributed by atoms with E-state index in [1.54, 1.807) is 9.58 Å². The Bertz CT molecular complexity index is 1040. The number of fused-ring (bicyclic) bond motifs is 1. The number of nitrogens with one attached hydrogen (secondary N) is 1. The van der Waals surface area contributed by atoms with Crippen molar-refractivity contribution in [3.63, 3.8) is 0 Å². The normalized spacial score (nSPS) is 22.1. The van der Waals surface area contributed by atoms with E-state index in [1.807, 2.05) is 39.0 Å². The first-order chi connectivity index (χ1) is 15.0. The Kier molecular flexibility index (Phi) is 5.68. The summed E-state index contributed by atoms with van der Waals surface area (Å²) < 4.78 is 1.74. The predicted octanol–water partition coefficient (Wildman–Crippen LogP) is 4.67. The molecule has 2 aliphatic rings. The van der Waals surface area contributed by atoms with Gasteiger partial charge in [0.2, 0.25) is 5.91 Å². The van der Waals surface area contributed by atoms with Crippen LogP contribution in [0.3, 0.4) is 0 Å². The summed E-state index contributed by atoms with van der Waals surface area (Å²) in [5, 5.41) is 8.03. The van der Waals surface area contributed by atoms with Gasteiger partial charge in [0.15, 0.2) is 0 Å². The van der Waals surface area contributed by atoms with Gasteiger partial charge < -0.3 is 5.32 Å². The molecule has 4 rings (SSSR count). The van der Waals surface area contributed by atoms with Gasteiger partial charge >= 0.3 is 0 Å². The van der Waals surface area contributed by atoms with Crippen molar-refractivity contribution in [3.8, 4) is 0 Å². The largest absolute Gasteiger partial charge is 0.351 e. The van der Waals surface area contributed by atoms with Crippen LogP contribution in [0.15, 0.2) is 24.3 Å². The van der Waals surface area contributed by atoms with Crippen molar-refractivity contribution in [2.24, 2.45) is 0 Å². The second-order valence-corrected chi connectivity index (χ2v) is 10.8. The van der Waals surface area contributed by atoms with E-state index in [4.69, 9.17) is 5.10 Å². The van der Waals surface area contributed by atoms with Crippen molar-refractivity contribution < 1.29 is 9.59 Å². The topological polar surface area (TPSA) is 67.2 Å². The van der Waals surface area contributed by atoms with Crippen molar-refractivity contribution in [3.05, 3.63) is 46.8 Å². The van der Waals surface area contributed by atoms with Gasteiger partial charge in [-0.2, -0.15) is 5.10 Å². The van der Waals surface area contributed by atoms with Crippen LogP contribution in [0.2, 0.25) is 0 Å². The number of nitrogens with zero attached hydrogens (tertiary/aromatic N) is 3. The lowest BCUT2D eigenvalue weighted by molar-refractivity contribution is -0.127. The van der Waals surface area contributed by atoms with Gasteiger partial charge in [0.05, 0.1) is 12.2 Å². The van der Waals surface area contributed by atoms with Crippen LogP contribution < -0.4 is 10.2 Å².